The summed E-state index contributed by atoms with van der Waals surface area (Å²) in [5.74, 6) is -0.306. The lowest BCUT2D eigenvalue weighted by atomic mass is 9.71. The van der Waals surface area contributed by atoms with E-state index < -0.39 is 16.3 Å². The predicted octanol–water partition coefficient (Wildman–Crippen LogP) is 2.74. The SMILES string of the molecule is Cc1cc([N+](=O)[O-])cnc1NC1CCCCC1(C)C(=O)O. The minimum atomic E-state index is -0.839. The molecule has 21 heavy (non-hydrogen) atoms. The number of carbonyl (C=O) groups is 1. The fourth-order valence-corrected chi connectivity index (χ4v) is 2.80. The lowest BCUT2D eigenvalue weighted by Crippen LogP contribution is -2.46. The Labute approximate surface area is 122 Å². The lowest BCUT2D eigenvalue weighted by molar-refractivity contribution is -0.385. The number of aromatic nitrogens is 1. The molecule has 1 aromatic heterocycles. The smallest absolute Gasteiger partial charge is 0.311 e. The van der Waals surface area contributed by atoms with Gasteiger partial charge in [-0.15, -0.1) is 0 Å². The van der Waals surface area contributed by atoms with Gasteiger partial charge in [-0.25, -0.2) is 4.98 Å². The van der Waals surface area contributed by atoms with Crippen molar-refractivity contribution in [3.8, 4) is 0 Å². The quantitative estimate of drug-likeness (QED) is 0.653. The van der Waals surface area contributed by atoms with Gasteiger partial charge in [-0.05, 0) is 32.3 Å². The first-order chi connectivity index (χ1) is 9.84. The molecule has 0 radical (unpaired) electrons. The topological polar surface area (TPSA) is 105 Å². The first-order valence-electron chi connectivity index (χ1n) is 6.95. The van der Waals surface area contributed by atoms with E-state index in [1.54, 1.807) is 13.8 Å². The van der Waals surface area contributed by atoms with Gasteiger partial charge in [0.05, 0.1) is 10.3 Å². The van der Waals surface area contributed by atoms with Crippen molar-refractivity contribution < 1.29 is 14.8 Å². The maximum absolute atomic E-state index is 11.6. The van der Waals surface area contributed by atoms with Crippen molar-refractivity contribution in [2.24, 2.45) is 5.41 Å². The van der Waals surface area contributed by atoms with Crippen LogP contribution in [0.15, 0.2) is 12.3 Å². The molecular weight excluding hydrogens is 274 g/mol. The van der Waals surface area contributed by atoms with Gasteiger partial charge in [0.15, 0.2) is 0 Å². The summed E-state index contributed by atoms with van der Waals surface area (Å²) in [5, 5.41) is 23.4. The highest BCUT2D eigenvalue weighted by atomic mass is 16.6. The van der Waals surface area contributed by atoms with Crippen LogP contribution in [0.4, 0.5) is 11.5 Å². The maximum atomic E-state index is 11.6. The molecule has 0 saturated heterocycles. The average molecular weight is 293 g/mol. The summed E-state index contributed by atoms with van der Waals surface area (Å²) in [6, 6.07) is 1.22. The number of aryl methyl sites for hydroxylation is 1. The largest absolute Gasteiger partial charge is 0.481 e. The lowest BCUT2D eigenvalue weighted by Gasteiger charge is -2.38. The zero-order valence-electron chi connectivity index (χ0n) is 12.1. The van der Waals surface area contributed by atoms with Gasteiger partial charge in [-0.3, -0.25) is 14.9 Å². The highest BCUT2D eigenvalue weighted by Gasteiger charge is 2.43. The highest BCUT2D eigenvalue weighted by molar-refractivity contribution is 5.76. The van der Waals surface area contributed by atoms with Gasteiger partial charge in [0.25, 0.3) is 5.69 Å². The molecule has 7 nitrogen and oxygen atoms in total. The molecule has 0 aliphatic heterocycles. The maximum Gasteiger partial charge on any atom is 0.311 e. The number of hydrogen-bond acceptors (Lipinski definition) is 5. The Morgan fingerprint density at radius 1 is 1.57 bits per heavy atom. The Balaban J connectivity index is 2.24. The summed E-state index contributed by atoms with van der Waals surface area (Å²) >= 11 is 0. The van der Waals surface area contributed by atoms with Crippen LogP contribution in [-0.2, 0) is 4.79 Å². The average Bonchev–Trinajstić information content (AvgIpc) is 2.43. The third-order valence-corrected chi connectivity index (χ3v) is 4.28. The second-order valence-electron chi connectivity index (χ2n) is 5.78. The van der Waals surface area contributed by atoms with Gasteiger partial charge in [0.1, 0.15) is 12.0 Å². The molecular formula is C14H19N3O4. The van der Waals surface area contributed by atoms with Gasteiger partial charge in [0.2, 0.25) is 0 Å². The molecule has 2 unspecified atom stereocenters. The van der Waals surface area contributed by atoms with Crippen LogP contribution in [0.3, 0.4) is 0 Å². The number of nitrogens with one attached hydrogen (secondary N) is 1. The molecule has 1 fully saturated rings. The van der Waals surface area contributed by atoms with Crippen molar-refractivity contribution in [2.45, 2.75) is 45.6 Å². The predicted molar refractivity (Wildman–Crippen MR) is 77.2 cm³/mol. The van der Waals surface area contributed by atoms with Crippen molar-refractivity contribution in [1.82, 2.24) is 4.98 Å². The number of carboxylic acids is 1. The number of aliphatic carboxylic acids is 1. The van der Waals surface area contributed by atoms with Gasteiger partial charge in [-0.1, -0.05) is 12.8 Å². The van der Waals surface area contributed by atoms with E-state index >= 15 is 0 Å². The van der Waals surface area contributed by atoms with E-state index in [4.69, 9.17) is 0 Å². The highest BCUT2D eigenvalue weighted by Crippen LogP contribution is 2.38. The molecule has 0 amide bonds. The van der Waals surface area contributed by atoms with Crippen molar-refractivity contribution in [2.75, 3.05) is 5.32 Å². The van der Waals surface area contributed by atoms with Gasteiger partial charge in [0, 0.05) is 12.1 Å². The Hall–Kier alpha value is -2.18. The molecule has 1 aliphatic carbocycles. The van der Waals surface area contributed by atoms with Crippen LogP contribution in [0.1, 0.15) is 38.2 Å². The molecule has 2 atom stereocenters. The van der Waals surface area contributed by atoms with Gasteiger partial charge < -0.3 is 10.4 Å². The van der Waals surface area contributed by atoms with Crippen molar-refractivity contribution >= 4 is 17.5 Å². The van der Waals surface area contributed by atoms with Crippen LogP contribution >= 0.6 is 0 Å². The van der Waals surface area contributed by atoms with Crippen LogP contribution in [0.25, 0.3) is 0 Å². The third-order valence-electron chi connectivity index (χ3n) is 4.28. The Bertz CT molecular complexity index is 575. The molecule has 2 N–H and O–H groups in total. The molecule has 114 valence electrons. The summed E-state index contributed by atoms with van der Waals surface area (Å²) in [5.41, 5.74) is -0.265. The summed E-state index contributed by atoms with van der Waals surface area (Å²) in [4.78, 5) is 25.8. The molecule has 0 aromatic carbocycles. The summed E-state index contributed by atoms with van der Waals surface area (Å²) in [6.45, 7) is 3.47. The van der Waals surface area contributed by atoms with Crippen molar-refractivity contribution in [3.05, 3.63) is 27.9 Å². The zero-order chi connectivity index (χ0) is 15.6. The number of rotatable bonds is 4. The van der Waals surface area contributed by atoms with Crippen LogP contribution in [0, 0.1) is 22.5 Å². The first-order valence-corrected chi connectivity index (χ1v) is 6.95. The number of nitro groups is 1. The van der Waals surface area contributed by atoms with E-state index in [1.165, 1.54) is 12.3 Å². The minimum absolute atomic E-state index is 0.0670. The van der Waals surface area contributed by atoms with E-state index in [0.717, 1.165) is 19.3 Å². The number of carboxylic acid groups (broad SMARTS) is 1. The standard InChI is InChI=1S/C14H19N3O4/c1-9-7-10(17(20)21)8-15-12(9)16-11-5-3-4-6-14(11,2)13(18)19/h7-8,11H,3-6H2,1-2H3,(H,15,16)(H,18,19). The number of pyridine rings is 1. The molecule has 0 bridgehead atoms. The van der Waals surface area contributed by atoms with E-state index in [-0.39, 0.29) is 11.7 Å². The monoisotopic (exact) mass is 293 g/mol. The minimum Gasteiger partial charge on any atom is -0.481 e. The number of hydrogen-bond donors (Lipinski definition) is 2. The van der Waals surface area contributed by atoms with E-state index in [9.17, 15) is 20.0 Å². The third kappa shape index (κ3) is 2.96. The Kier molecular flexibility index (Phi) is 4.11. The van der Waals surface area contributed by atoms with E-state index in [2.05, 4.69) is 10.3 Å². The second kappa shape index (κ2) is 5.67. The molecule has 7 heteroatoms. The first kappa shape index (κ1) is 15.2. The van der Waals surface area contributed by atoms with Crippen LogP contribution < -0.4 is 5.32 Å². The van der Waals surface area contributed by atoms with Gasteiger partial charge >= 0.3 is 5.97 Å². The summed E-state index contributed by atoms with van der Waals surface area (Å²) < 4.78 is 0. The van der Waals surface area contributed by atoms with Gasteiger partial charge in [-0.2, -0.15) is 0 Å². The zero-order valence-corrected chi connectivity index (χ0v) is 12.1. The Morgan fingerprint density at radius 3 is 2.86 bits per heavy atom. The fraction of sp³-hybridized carbons (Fsp3) is 0.571. The van der Waals surface area contributed by atoms with Crippen LogP contribution in [-0.4, -0.2) is 27.0 Å². The molecule has 1 saturated carbocycles. The van der Waals surface area contributed by atoms with Crippen LogP contribution in [0.5, 0.6) is 0 Å². The van der Waals surface area contributed by atoms with Crippen molar-refractivity contribution in [3.63, 3.8) is 0 Å². The van der Waals surface area contributed by atoms with E-state index in [0.29, 0.717) is 17.8 Å². The number of nitrogens with zero attached hydrogens (tertiary/aromatic N) is 2. The molecule has 2 rings (SSSR count). The molecule has 1 heterocycles. The molecule has 1 aromatic rings. The van der Waals surface area contributed by atoms with Crippen molar-refractivity contribution in [1.29, 1.82) is 0 Å². The summed E-state index contributed by atoms with van der Waals surface area (Å²) in [6.07, 6.45) is 4.42. The molecule has 1 aliphatic rings. The van der Waals surface area contributed by atoms with Crippen LogP contribution in [0.2, 0.25) is 0 Å². The molecule has 0 spiro atoms. The second-order valence-corrected chi connectivity index (χ2v) is 5.78. The Morgan fingerprint density at radius 2 is 2.29 bits per heavy atom. The fourth-order valence-electron chi connectivity index (χ4n) is 2.80. The summed E-state index contributed by atoms with van der Waals surface area (Å²) in [7, 11) is 0. The number of anilines is 1. The van der Waals surface area contributed by atoms with E-state index in [1.807, 2.05) is 0 Å². The normalized spacial score (nSPS) is 25.3.